The Hall–Kier alpha value is -0.430. The van der Waals surface area contributed by atoms with Crippen molar-refractivity contribution in [2.24, 2.45) is 0 Å². The second-order valence-corrected chi connectivity index (χ2v) is 5.38. The average Bonchev–Trinajstić information content (AvgIpc) is 2.79. The van der Waals surface area contributed by atoms with Gasteiger partial charge in [-0.3, -0.25) is 0 Å². The number of aromatic nitrogens is 2. The summed E-state index contributed by atoms with van der Waals surface area (Å²) in [7, 11) is 0. The summed E-state index contributed by atoms with van der Waals surface area (Å²) in [5, 5.41) is 6.88. The van der Waals surface area contributed by atoms with Crippen LogP contribution >= 0.6 is 38.9 Å². The highest BCUT2D eigenvalue weighted by molar-refractivity contribution is 9.10. The maximum absolute atomic E-state index is 5.91. The Kier molecular flexibility index (Phi) is 3.74. The maximum atomic E-state index is 5.91. The van der Waals surface area contributed by atoms with Gasteiger partial charge in [-0.1, -0.05) is 16.8 Å². The van der Waals surface area contributed by atoms with Crippen molar-refractivity contribution in [3.05, 3.63) is 32.0 Å². The third-order valence-electron chi connectivity index (χ3n) is 1.69. The number of hydrogen-bond acceptors (Lipinski definition) is 5. The van der Waals surface area contributed by atoms with Gasteiger partial charge in [0, 0.05) is 15.9 Å². The molecule has 2 aromatic heterocycles. The van der Waals surface area contributed by atoms with E-state index in [1.807, 2.05) is 6.07 Å². The molecule has 1 N–H and O–H groups in total. The van der Waals surface area contributed by atoms with Crippen LogP contribution in [0.3, 0.4) is 0 Å². The van der Waals surface area contributed by atoms with Crippen molar-refractivity contribution < 1.29 is 4.52 Å². The number of rotatable bonds is 4. The summed E-state index contributed by atoms with van der Waals surface area (Å²) >= 11 is 10.8. The predicted molar refractivity (Wildman–Crippen MR) is 61.9 cm³/mol. The summed E-state index contributed by atoms with van der Waals surface area (Å²) in [4.78, 5) is 5.06. The average molecular weight is 309 g/mol. The fourth-order valence-corrected chi connectivity index (χ4v) is 2.81. The summed E-state index contributed by atoms with van der Waals surface area (Å²) in [5.41, 5.74) is 0. The van der Waals surface area contributed by atoms with E-state index in [2.05, 4.69) is 35.9 Å². The molecule has 15 heavy (non-hydrogen) atoms. The van der Waals surface area contributed by atoms with Crippen molar-refractivity contribution in [1.82, 2.24) is 15.5 Å². The maximum Gasteiger partial charge on any atom is 0.213 e. The van der Waals surface area contributed by atoms with Crippen molar-refractivity contribution in [2.45, 2.75) is 13.1 Å². The number of nitrogens with zero attached hydrogens (tertiary/aromatic N) is 2. The summed E-state index contributed by atoms with van der Waals surface area (Å²) in [6, 6.07) is 2.00. The van der Waals surface area contributed by atoms with Crippen LogP contribution in [0.4, 0.5) is 0 Å². The Morgan fingerprint density at radius 3 is 3.00 bits per heavy atom. The quantitative estimate of drug-likeness (QED) is 0.943. The molecule has 0 atom stereocenters. The zero-order valence-corrected chi connectivity index (χ0v) is 10.7. The van der Waals surface area contributed by atoms with Gasteiger partial charge in [0.2, 0.25) is 6.39 Å². The Balaban J connectivity index is 1.83. The lowest BCUT2D eigenvalue weighted by molar-refractivity contribution is 0.407. The third kappa shape index (κ3) is 3.01. The van der Waals surface area contributed by atoms with Crippen LogP contribution in [-0.2, 0) is 13.1 Å². The molecule has 80 valence electrons. The molecule has 4 nitrogen and oxygen atoms in total. The monoisotopic (exact) mass is 307 g/mol. The first kappa shape index (κ1) is 11.1. The van der Waals surface area contributed by atoms with E-state index in [0.717, 1.165) is 20.2 Å². The van der Waals surface area contributed by atoms with Crippen molar-refractivity contribution in [3.63, 3.8) is 0 Å². The van der Waals surface area contributed by atoms with Crippen LogP contribution < -0.4 is 5.32 Å². The molecule has 0 spiro atoms. The van der Waals surface area contributed by atoms with Gasteiger partial charge in [0.15, 0.2) is 5.82 Å². The first-order chi connectivity index (χ1) is 7.25. The highest BCUT2D eigenvalue weighted by atomic mass is 79.9. The molecule has 2 rings (SSSR count). The first-order valence-electron chi connectivity index (χ1n) is 4.15. The van der Waals surface area contributed by atoms with Crippen molar-refractivity contribution in [1.29, 1.82) is 0 Å². The van der Waals surface area contributed by atoms with Gasteiger partial charge in [0.05, 0.1) is 6.54 Å². The highest BCUT2D eigenvalue weighted by Gasteiger charge is 2.04. The second-order valence-electron chi connectivity index (χ2n) is 2.79. The van der Waals surface area contributed by atoms with Crippen LogP contribution in [-0.4, -0.2) is 10.1 Å². The van der Waals surface area contributed by atoms with E-state index in [4.69, 9.17) is 11.6 Å². The molecule has 0 bridgehead atoms. The van der Waals surface area contributed by atoms with Gasteiger partial charge >= 0.3 is 0 Å². The molecule has 0 unspecified atom stereocenters. The van der Waals surface area contributed by atoms with Gasteiger partial charge in [-0.2, -0.15) is 4.98 Å². The van der Waals surface area contributed by atoms with Crippen LogP contribution in [0.1, 0.15) is 10.7 Å². The van der Waals surface area contributed by atoms with E-state index in [1.54, 1.807) is 11.3 Å². The van der Waals surface area contributed by atoms with Crippen molar-refractivity contribution in [3.8, 4) is 0 Å². The Morgan fingerprint density at radius 1 is 1.53 bits per heavy atom. The van der Waals surface area contributed by atoms with E-state index >= 15 is 0 Å². The largest absolute Gasteiger partial charge is 0.343 e. The molecule has 0 aliphatic carbocycles. The Bertz CT molecular complexity index is 412. The molecule has 0 aliphatic rings. The lowest BCUT2D eigenvalue weighted by Gasteiger charge is -1.97. The SMILES string of the molecule is Clc1sc(CNCc2ncon2)cc1Br. The molecule has 0 fully saturated rings. The number of hydrogen-bond donors (Lipinski definition) is 1. The van der Waals surface area contributed by atoms with Crippen LogP contribution in [0, 0.1) is 0 Å². The minimum atomic E-state index is 0.587. The molecule has 0 saturated heterocycles. The normalized spacial score (nSPS) is 10.8. The summed E-state index contributed by atoms with van der Waals surface area (Å²) < 4.78 is 6.32. The van der Waals surface area contributed by atoms with Crippen LogP contribution in [0.25, 0.3) is 0 Å². The molecule has 0 radical (unpaired) electrons. The van der Waals surface area contributed by atoms with Gasteiger partial charge in [-0.25, -0.2) is 0 Å². The van der Waals surface area contributed by atoms with Crippen molar-refractivity contribution >= 4 is 38.9 Å². The Labute approximate surface area is 104 Å². The third-order valence-corrected chi connectivity index (χ3v) is 4.16. The summed E-state index contributed by atoms with van der Waals surface area (Å²) in [6.07, 6.45) is 1.32. The van der Waals surface area contributed by atoms with Crippen LogP contribution in [0.2, 0.25) is 4.34 Å². The molecule has 0 amide bonds. The molecular weight excluding hydrogens is 302 g/mol. The standard InChI is InChI=1S/C8H7BrClN3OS/c9-6-1-5(15-8(6)10)2-11-3-7-12-4-14-13-7/h1,4,11H,2-3H2. The second kappa shape index (κ2) is 5.07. The Morgan fingerprint density at radius 2 is 2.40 bits per heavy atom. The van der Waals surface area contributed by atoms with E-state index in [-0.39, 0.29) is 0 Å². The molecular formula is C8H7BrClN3OS. The topological polar surface area (TPSA) is 51.0 Å². The molecule has 0 saturated carbocycles. The van der Waals surface area contributed by atoms with Crippen LogP contribution in [0.15, 0.2) is 21.5 Å². The van der Waals surface area contributed by atoms with E-state index < -0.39 is 0 Å². The number of thiophene rings is 1. The van der Waals surface area contributed by atoms with Crippen molar-refractivity contribution in [2.75, 3.05) is 0 Å². The van der Waals surface area contributed by atoms with Gasteiger partial charge < -0.3 is 9.84 Å². The lowest BCUT2D eigenvalue weighted by atomic mass is 10.4. The zero-order chi connectivity index (χ0) is 10.7. The highest BCUT2D eigenvalue weighted by Crippen LogP contribution is 2.31. The molecule has 2 heterocycles. The summed E-state index contributed by atoms with van der Waals surface area (Å²) in [5.74, 6) is 0.650. The zero-order valence-electron chi connectivity index (χ0n) is 7.54. The van der Waals surface area contributed by atoms with Gasteiger partial charge in [0.1, 0.15) is 4.34 Å². The van der Waals surface area contributed by atoms with E-state index in [0.29, 0.717) is 12.4 Å². The lowest BCUT2D eigenvalue weighted by Crippen LogP contribution is -2.12. The van der Waals surface area contributed by atoms with Gasteiger partial charge in [0.25, 0.3) is 0 Å². The van der Waals surface area contributed by atoms with E-state index in [9.17, 15) is 0 Å². The first-order valence-corrected chi connectivity index (χ1v) is 6.14. The predicted octanol–water partition coefficient (Wildman–Crippen LogP) is 2.84. The smallest absolute Gasteiger partial charge is 0.213 e. The molecule has 2 aromatic rings. The fraction of sp³-hybridized carbons (Fsp3) is 0.250. The van der Waals surface area contributed by atoms with Gasteiger partial charge in [-0.15, -0.1) is 11.3 Å². The van der Waals surface area contributed by atoms with E-state index in [1.165, 1.54) is 6.39 Å². The minimum absolute atomic E-state index is 0.587. The summed E-state index contributed by atoms with van der Waals surface area (Å²) in [6.45, 7) is 1.33. The molecule has 0 aromatic carbocycles. The molecule has 0 aliphatic heterocycles. The molecule has 7 heteroatoms. The van der Waals surface area contributed by atoms with Gasteiger partial charge in [-0.05, 0) is 22.0 Å². The van der Waals surface area contributed by atoms with Crippen LogP contribution in [0.5, 0.6) is 0 Å². The minimum Gasteiger partial charge on any atom is -0.343 e. The number of halogens is 2. The number of nitrogens with one attached hydrogen (secondary N) is 1. The fourth-order valence-electron chi connectivity index (χ4n) is 1.05.